The number of hydrogen-bond donors (Lipinski definition) is 1. The third-order valence-corrected chi connectivity index (χ3v) is 7.38. The van der Waals surface area contributed by atoms with Gasteiger partial charge in [-0.2, -0.15) is 0 Å². The van der Waals surface area contributed by atoms with E-state index in [9.17, 15) is 13.2 Å². The molecule has 34 heavy (non-hydrogen) atoms. The summed E-state index contributed by atoms with van der Waals surface area (Å²) in [5.41, 5.74) is 3.64. The number of aryl methyl sites for hydroxylation is 3. The van der Waals surface area contributed by atoms with Gasteiger partial charge in [0.2, 0.25) is 5.91 Å². The van der Waals surface area contributed by atoms with Crippen molar-refractivity contribution >= 4 is 21.6 Å². The highest BCUT2D eigenvalue weighted by Gasteiger charge is 2.27. The molecule has 0 fully saturated rings. The van der Waals surface area contributed by atoms with Gasteiger partial charge in [-0.25, -0.2) is 8.42 Å². The molecule has 180 valence electrons. The fourth-order valence-electron chi connectivity index (χ4n) is 3.54. The summed E-state index contributed by atoms with van der Waals surface area (Å²) in [5, 5.41) is 2.86. The molecule has 0 aliphatic heterocycles. The number of benzene rings is 3. The van der Waals surface area contributed by atoms with Crippen molar-refractivity contribution in [3.63, 3.8) is 0 Å². The summed E-state index contributed by atoms with van der Waals surface area (Å²) in [7, 11) is -3.90. The van der Waals surface area contributed by atoms with Crippen LogP contribution in [-0.2, 0) is 21.2 Å². The number of sulfonamides is 1. The summed E-state index contributed by atoms with van der Waals surface area (Å²) in [5.74, 6) is 0.495. The van der Waals surface area contributed by atoms with Gasteiger partial charge in [0, 0.05) is 6.54 Å². The van der Waals surface area contributed by atoms with Crippen molar-refractivity contribution in [1.82, 2.24) is 5.32 Å². The first-order valence-corrected chi connectivity index (χ1v) is 12.9. The molecule has 0 spiro atoms. The van der Waals surface area contributed by atoms with Crippen LogP contribution in [0.5, 0.6) is 5.75 Å². The van der Waals surface area contributed by atoms with Crippen molar-refractivity contribution in [2.24, 2.45) is 0 Å². The maximum absolute atomic E-state index is 13.4. The molecule has 7 heteroatoms. The smallest absolute Gasteiger partial charge is 0.264 e. The largest absolute Gasteiger partial charge is 0.494 e. The Bertz CT molecular complexity index is 1190. The van der Waals surface area contributed by atoms with E-state index < -0.39 is 10.0 Å². The molecule has 0 saturated heterocycles. The highest BCUT2D eigenvalue weighted by atomic mass is 32.2. The number of ether oxygens (including phenoxy) is 1. The van der Waals surface area contributed by atoms with Crippen LogP contribution in [0, 0.1) is 13.8 Å². The zero-order valence-corrected chi connectivity index (χ0v) is 20.8. The summed E-state index contributed by atoms with van der Waals surface area (Å²) in [6, 6.07) is 21.5. The van der Waals surface area contributed by atoms with Crippen LogP contribution in [0.25, 0.3) is 0 Å². The van der Waals surface area contributed by atoms with Gasteiger partial charge in [0.15, 0.2) is 0 Å². The van der Waals surface area contributed by atoms with Crippen LogP contribution in [0.4, 0.5) is 5.69 Å². The van der Waals surface area contributed by atoms with Gasteiger partial charge in [0.05, 0.1) is 17.2 Å². The number of nitrogens with one attached hydrogen (secondary N) is 1. The Morgan fingerprint density at radius 1 is 0.941 bits per heavy atom. The topological polar surface area (TPSA) is 75.7 Å². The average Bonchev–Trinajstić information content (AvgIpc) is 2.84. The van der Waals surface area contributed by atoms with Crippen molar-refractivity contribution in [2.75, 3.05) is 24.0 Å². The lowest BCUT2D eigenvalue weighted by molar-refractivity contribution is -0.119. The van der Waals surface area contributed by atoms with E-state index in [-0.39, 0.29) is 17.3 Å². The molecule has 3 rings (SSSR count). The molecule has 1 N–H and O–H groups in total. The number of nitrogens with zero attached hydrogens (tertiary/aromatic N) is 1. The van der Waals surface area contributed by atoms with Crippen molar-refractivity contribution in [3.05, 3.63) is 89.5 Å². The first-order valence-electron chi connectivity index (χ1n) is 11.4. The van der Waals surface area contributed by atoms with Gasteiger partial charge < -0.3 is 10.1 Å². The van der Waals surface area contributed by atoms with Gasteiger partial charge in [-0.1, -0.05) is 36.4 Å². The number of hydrogen-bond acceptors (Lipinski definition) is 4. The fourth-order valence-corrected chi connectivity index (χ4v) is 4.98. The quantitative estimate of drug-likeness (QED) is 0.406. The van der Waals surface area contributed by atoms with Crippen LogP contribution in [0.2, 0.25) is 0 Å². The Morgan fingerprint density at radius 2 is 1.65 bits per heavy atom. The zero-order valence-electron chi connectivity index (χ0n) is 20.0. The average molecular weight is 481 g/mol. The minimum atomic E-state index is -3.90. The van der Waals surface area contributed by atoms with Crippen LogP contribution < -0.4 is 14.4 Å². The predicted octanol–water partition coefficient (Wildman–Crippen LogP) is 4.65. The normalized spacial score (nSPS) is 11.1. The first-order chi connectivity index (χ1) is 16.3. The minimum absolute atomic E-state index is 0.150. The van der Waals surface area contributed by atoms with E-state index in [2.05, 4.69) is 5.32 Å². The summed E-state index contributed by atoms with van der Waals surface area (Å²) in [6.07, 6.45) is 1.55. The minimum Gasteiger partial charge on any atom is -0.494 e. The van der Waals surface area contributed by atoms with Gasteiger partial charge in [0.25, 0.3) is 10.0 Å². The molecule has 0 aliphatic rings. The maximum Gasteiger partial charge on any atom is 0.264 e. The number of carbonyl (C=O) groups is 1. The molecule has 1 amide bonds. The van der Waals surface area contributed by atoms with Gasteiger partial charge in [0.1, 0.15) is 12.3 Å². The molecule has 3 aromatic carbocycles. The molecule has 0 heterocycles. The molecule has 0 radical (unpaired) electrons. The lowest BCUT2D eigenvalue weighted by Crippen LogP contribution is -2.41. The van der Waals surface area contributed by atoms with Gasteiger partial charge in [-0.05, 0) is 86.7 Å². The van der Waals surface area contributed by atoms with Crippen LogP contribution in [0.3, 0.4) is 0 Å². The van der Waals surface area contributed by atoms with Crippen molar-refractivity contribution < 1.29 is 17.9 Å². The second-order valence-corrected chi connectivity index (χ2v) is 9.99. The van der Waals surface area contributed by atoms with Crippen LogP contribution in [0.15, 0.2) is 77.7 Å². The first kappa shape index (κ1) is 25.3. The monoisotopic (exact) mass is 480 g/mol. The second kappa shape index (κ2) is 11.7. The molecule has 3 aromatic rings. The Morgan fingerprint density at radius 3 is 2.29 bits per heavy atom. The standard InChI is InChI=1S/C27H32N2O4S/c1-4-33-25-16-13-23(14-17-25)9-8-18-28-27(30)20-29(24-15-12-21(2)22(3)19-24)34(31,32)26-10-6-5-7-11-26/h5-7,10-17,19H,4,8-9,18,20H2,1-3H3,(H,28,30). The highest BCUT2D eigenvalue weighted by molar-refractivity contribution is 7.92. The summed E-state index contributed by atoms with van der Waals surface area (Å²) in [4.78, 5) is 12.9. The fraction of sp³-hybridized carbons (Fsp3) is 0.296. The SMILES string of the molecule is CCOc1ccc(CCCNC(=O)CN(c2ccc(C)c(C)c2)S(=O)(=O)c2ccccc2)cc1. The van der Waals surface area contributed by atoms with E-state index in [1.54, 1.807) is 30.3 Å². The Hall–Kier alpha value is -3.32. The maximum atomic E-state index is 13.4. The highest BCUT2D eigenvalue weighted by Crippen LogP contribution is 2.25. The van der Waals surface area contributed by atoms with E-state index in [4.69, 9.17) is 4.74 Å². The molecule has 0 unspecified atom stereocenters. The third kappa shape index (κ3) is 6.60. The molecule has 0 aliphatic carbocycles. The summed E-state index contributed by atoms with van der Waals surface area (Å²) >= 11 is 0. The van der Waals surface area contributed by atoms with E-state index in [1.807, 2.05) is 51.1 Å². The Balaban J connectivity index is 1.66. The Labute approximate surface area is 202 Å². The van der Waals surface area contributed by atoms with Crippen molar-refractivity contribution in [1.29, 1.82) is 0 Å². The number of rotatable bonds is 11. The van der Waals surface area contributed by atoms with E-state index >= 15 is 0 Å². The van der Waals surface area contributed by atoms with Crippen LogP contribution >= 0.6 is 0 Å². The summed E-state index contributed by atoms with van der Waals surface area (Å²) in [6.45, 7) is 6.63. The number of carbonyl (C=O) groups excluding carboxylic acids is 1. The van der Waals surface area contributed by atoms with Gasteiger partial charge >= 0.3 is 0 Å². The molecule has 0 atom stereocenters. The Kier molecular flexibility index (Phi) is 8.71. The van der Waals surface area contributed by atoms with E-state index in [0.717, 1.165) is 35.3 Å². The molecule has 6 nitrogen and oxygen atoms in total. The lowest BCUT2D eigenvalue weighted by Gasteiger charge is -2.25. The summed E-state index contributed by atoms with van der Waals surface area (Å²) < 4.78 is 33.4. The van der Waals surface area contributed by atoms with Crippen LogP contribution in [0.1, 0.15) is 30.0 Å². The van der Waals surface area contributed by atoms with Gasteiger partial charge in [-0.3, -0.25) is 9.10 Å². The molecule has 0 bridgehead atoms. The van der Waals surface area contributed by atoms with Gasteiger partial charge in [-0.15, -0.1) is 0 Å². The number of anilines is 1. The molecular weight excluding hydrogens is 448 g/mol. The van der Waals surface area contributed by atoms with Crippen molar-refractivity contribution in [3.8, 4) is 5.75 Å². The van der Waals surface area contributed by atoms with Crippen molar-refractivity contribution in [2.45, 2.75) is 38.5 Å². The molecule has 0 saturated carbocycles. The van der Waals surface area contributed by atoms with Crippen LogP contribution in [-0.4, -0.2) is 34.0 Å². The molecular formula is C27H32N2O4S. The third-order valence-electron chi connectivity index (χ3n) is 5.60. The predicted molar refractivity (Wildman–Crippen MR) is 136 cm³/mol. The lowest BCUT2D eigenvalue weighted by atomic mass is 10.1. The molecule has 0 aromatic heterocycles. The zero-order chi connectivity index (χ0) is 24.6. The van der Waals surface area contributed by atoms with E-state index in [0.29, 0.717) is 18.8 Å². The number of amides is 1. The second-order valence-electron chi connectivity index (χ2n) is 8.12. The van der Waals surface area contributed by atoms with E-state index in [1.165, 1.54) is 16.4 Å².